The number of carbonyl (C=O) groups excluding carboxylic acids is 1. The van der Waals surface area contributed by atoms with Crippen LogP contribution in [0.5, 0.6) is 11.5 Å². The van der Waals surface area contributed by atoms with Gasteiger partial charge in [-0.05, 0) is 12.3 Å². The molecule has 1 heterocycles. The van der Waals surface area contributed by atoms with Crippen LogP contribution in [0.3, 0.4) is 0 Å². The highest BCUT2D eigenvalue weighted by atomic mass is 32.1. The highest BCUT2D eigenvalue weighted by Gasteiger charge is 2.16. The Balaban J connectivity index is 2.11. The van der Waals surface area contributed by atoms with Gasteiger partial charge in [0.15, 0.2) is 0 Å². The fourth-order valence-corrected chi connectivity index (χ4v) is 3.06. The number of nitrogens with two attached hydrogens (primary N) is 1. The zero-order valence-corrected chi connectivity index (χ0v) is 15.1. The number of thiazole rings is 1. The number of carbonyl (C=O) groups is 1. The summed E-state index contributed by atoms with van der Waals surface area (Å²) in [6, 6.07) is 5.03. The average molecular weight is 349 g/mol. The molecular formula is C17H23N3O3S. The van der Waals surface area contributed by atoms with E-state index < -0.39 is 0 Å². The van der Waals surface area contributed by atoms with Gasteiger partial charge in [-0.25, -0.2) is 4.98 Å². The van der Waals surface area contributed by atoms with Crippen LogP contribution in [-0.4, -0.2) is 25.1 Å². The summed E-state index contributed by atoms with van der Waals surface area (Å²) in [7, 11) is 3.12. The highest BCUT2D eigenvalue weighted by molar-refractivity contribution is 7.09. The lowest BCUT2D eigenvalue weighted by Gasteiger charge is -2.10. The Kier molecular flexibility index (Phi) is 6.16. The first-order valence-electron chi connectivity index (χ1n) is 7.68. The van der Waals surface area contributed by atoms with Gasteiger partial charge in [-0.15, -0.1) is 11.3 Å². The predicted octanol–water partition coefficient (Wildman–Crippen LogP) is 3.46. The third kappa shape index (κ3) is 4.69. The molecule has 3 N–H and O–H groups in total. The maximum atomic E-state index is 12.4. The molecule has 1 unspecified atom stereocenters. The molecule has 0 bridgehead atoms. The number of hydrogen-bond acceptors (Lipinski definition) is 6. The first-order valence-corrected chi connectivity index (χ1v) is 8.56. The molecule has 1 aromatic heterocycles. The summed E-state index contributed by atoms with van der Waals surface area (Å²) in [5.41, 5.74) is 7.06. The number of hydrogen-bond donors (Lipinski definition) is 2. The summed E-state index contributed by atoms with van der Waals surface area (Å²) in [4.78, 5) is 16.7. The van der Waals surface area contributed by atoms with E-state index in [1.54, 1.807) is 37.8 Å². The number of rotatable bonds is 7. The Morgan fingerprint density at radius 3 is 2.42 bits per heavy atom. The van der Waals surface area contributed by atoms with Crippen molar-refractivity contribution in [1.82, 2.24) is 4.98 Å². The van der Waals surface area contributed by atoms with Crippen LogP contribution >= 0.6 is 11.3 Å². The first-order chi connectivity index (χ1) is 11.4. The molecule has 7 heteroatoms. The molecule has 24 heavy (non-hydrogen) atoms. The van der Waals surface area contributed by atoms with Crippen molar-refractivity contribution in [3.05, 3.63) is 34.3 Å². The minimum atomic E-state index is -0.287. The summed E-state index contributed by atoms with van der Waals surface area (Å²) < 4.78 is 10.4. The van der Waals surface area contributed by atoms with Crippen molar-refractivity contribution >= 4 is 22.9 Å². The Morgan fingerprint density at radius 1 is 1.25 bits per heavy atom. The van der Waals surface area contributed by atoms with Gasteiger partial charge >= 0.3 is 0 Å². The molecule has 1 atom stereocenters. The largest absolute Gasteiger partial charge is 0.497 e. The molecule has 0 radical (unpaired) electrons. The van der Waals surface area contributed by atoms with Crippen molar-refractivity contribution in [3.8, 4) is 11.5 Å². The molecule has 0 spiro atoms. The lowest BCUT2D eigenvalue weighted by atomic mass is 10.1. The third-order valence-corrected chi connectivity index (χ3v) is 4.38. The molecule has 0 saturated carbocycles. The second-order valence-electron chi connectivity index (χ2n) is 5.86. The predicted molar refractivity (Wildman–Crippen MR) is 96.0 cm³/mol. The van der Waals surface area contributed by atoms with Gasteiger partial charge in [0.05, 0.1) is 20.3 Å². The minimum absolute atomic E-state index is 0.145. The van der Waals surface area contributed by atoms with E-state index in [9.17, 15) is 4.79 Å². The monoisotopic (exact) mass is 349 g/mol. The van der Waals surface area contributed by atoms with Gasteiger partial charge in [0.1, 0.15) is 22.2 Å². The van der Waals surface area contributed by atoms with E-state index in [1.165, 1.54) is 11.3 Å². The Morgan fingerprint density at radius 2 is 1.88 bits per heavy atom. The molecule has 0 saturated heterocycles. The lowest BCUT2D eigenvalue weighted by molar-refractivity contribution is 0.102. The van der Waals surface area contributed by atoms with Crippen molar-refractivity contribution in [2.45, 2.75) is 26.3 Å². The zero-order valence-electron chi connectivity index (χ0n) is 14.3. The standard InChI is InChI=1S/C17H23N3O3S/c1-10(2)5-14(18)17-20-15(9-24-17)16(21)19-11-6-12(22-3)8-13(7-11)23-4/h6-10,14H,5,18H2,1-4H3,(H,19,21). The van der Waals surface area contributed by atoms with Crippen LogP contribution in [0.2, 0.25) is 0 Å². The highest BCUT2D eigenvalue weighted by Crippen LogP contribution is 2.27. The summed E-state index contributed by atoms with van der Waals surface area (Å²) in [6.45, 7) is 4.22. The van der Waals surface area contributed by atoms with Gasteiger partial charge in [-0.1, -0.05) is 13.8 Å². The number of nitrogens with one attached hydrogen (secondary N) is 1. The number of ether oxygens (including phenoxy) is 2. The fraction of sp³-hybridized carbons (Fsp3) is 0.412. The van der Waals surface area contributed by atoms with E-state index in [1.807, 2.05) is 0 Å². The van der Waals surface area contributed by atoms with E-state index in [0.29, 0.717) is 28.8 Å². The number of anilines is 1. The topological polar surface area (TPSA) is 86.5 Å². The Hall–Kier alpha value is -2.12. The van der Waals surface area contributed by atoms with E-state index in [-0.39, 0.29) is 11.9 Å². The normalized spacial score (nSPS) is 12.1. The number of aromatic nitrogens is 1. The third-order valence-electron chi connectivity index (χ3n) is 3.41. The number of benzene rings is 1. The van der Waals surface area contributed by atoms with Crippen LogP contribution < -0.4 is 20.5 Å². The van der Waals surface area contributed by atoms with Crippen LogP contribution in [0, 0.1) is 5.92 Å². The maximum Gasteiger partial charge on any atom is 0.275 e. The maximum absolute atomic E-state index is 12.4. The van der Waals surface area contributed by atoms with Crippen LogP contribution in [0.4, 0.5) is 5.69 Å². The van der Waals surface area contributed by atoms with Crippen molar-refractivity contribution < 1.29 is 14.3 Å². The van der Waals surface area contributed by atoms with Crippen LogP contribution in [-0.2, 0) is 0 Å². The van der Waals surface area contributed by atoms with Gasteiger partial charge < -0.3 is 20.5 Å². The van der Waals surface area contributed by atoms with E-state index >= 15 is 0 Å². The molecular weight excluding hydrogens is 326 g/mol. The van der Waals surface area contributed by atoms with E-state index in [4.69, 9.17) is 15.2 Å². The second kappa shape index (κ2) is 8.12. The molecule has 0 aliphatic heterocycles. The van der Waals surface area contributed by atoms with Crippen molar-refractivity contribution in [2.75, 3.05) is 19.5 Å². The summed E-state index contributed by atoms with van der Waals surface area (Å²) in [5, 5.41) is 5.30. The van der Waals surface area contributed by atoms with Gasteiger partial charge in [-0.2, -0.15) is 0 Å². The number of nitrogens with zero attached hydrogens (tertiary/aromatic N) is 1. The second-order valence-corrected chi connectivity index (χ2v) is 6.75. The minimum Gasteiger partial charge on any atom is -0.497 e. The molecule has 2 rings (SSSR count). The molecule has 0 aliphatic rings. The summed E-state index contributed by atoms with van der Waals surface area (Å²) >= 11 is 1.41. The molecule has 2 aromatic rings. The molecule has 0 aliphatic carbocycles. The lowest BCUT2D eigenvalue weighted by Crippen LogP contribution is -2.15. The quantitative estimate of drug-likeness (QED) is 0.799. The Bertz CT molecular complexity index is 678. The molecule has 1 aromatic carbocycles. The zero-order chi connectivity index (χ0) is 17.7. The van der Waals surface area contributed by atoms with E-state index in [2.05, 4.69) is 24.1 Å². The van der Waals surface area contributed by atoms with Crippen LogP contribution in [0.1, 0.15) is 41.8 Å². The van der Waals surface area contributed by atoms with Crippen LogP contribution in [0.25, 0.3) is 0 Å². The SMILES string of the molecule is COc1cc(NC(=O)c2csc(C(N)CC(C)C)n2)cc(OC)c1. The average Bonchev–Trinajstić information content (AvgIpc) is 3.04. The van der Waals surface area contributed by atoms with Gasteiger partial charge in [0, 0.05) is 29.3 Å². The van der Waals surface area contributed by atoms with Crippen molar-refractivity contribution in [2.24, 2.45) is 11.7 Å². The first kappa shape index (κ1) is 18.2. The summed E-state index contributed by atoms with van der Waals surface area (Å²) in [5.74, 6) is 1.39. The van der Waals surface area contributed by atoms with Gasteiger partial charge in [0.2, 0.25) is 0 Å². The van der Waals surface area contributed by atoms with Gasteiger partial charge in [0.25, 0.3) is 5.91 Å². The Labute approximate surface area is 146 Å². The molecule has 6 nitrogen and oxygen atoms in total. The van der Waals surface area contributed by atoms with Gasteiger partial charge in [-0.3, -0.25) is 4.79 Å². The fourth-order valence-electron chi connectivity index (χ4n) is 2.25. The summed E-state index contributed by atoms with van der Waals surface area (Å²) in [6.07, 6.45) is 0.835. The smallest absolute Gasteiger partial charge is 0.275 e. The number of amides is 1. The van der Waals surface area contributed by atoms with Crippen molar-refractivity contribution in [1.29, 1.82) is 0 Å². The van der Waals surface area contributed by atoms with Crippen LogP contribution in [0.15, 0.2) is 23.6 Å². The molecule has 1 amide bonds. The van der Waals surface area contributed by atoms with Crippen molar-refractivity contribution in [3.63, 3.8) is 0 Å². The van der Waals surface area contributed by atoms with E-state index in [0.717, 1.165) is 11.4 Å². The molecule has 0 fully saturated rings. The molecule has 130 valence electrons. The number of methoxy groups -OCH3 is 2.